The molecule has 1 saturated carbocycles. The van der Waals surface area contributed by atoms with Crippen LogP contribution in [-0.4, -0.2) is 73.0 Å². The molecule has 8 heteroatoms. The maximum Gasteiger partial charge on any atom is 0.331 e. The van der Waals surface area contributed by atoms with Crippen LogP contribution in [0.4, 0.5) is 0 Å². The second-order valence-electron chi connectivity index (χ2n) is 11.4. The lowest BCUT2D eigenvalue weighted by Crippen LogP contribution is -2.66. The molecule has 0 aromatic heterocycles. The quantitative estimate of drug-likeness (QED) is 0.323. The first kappa shape index (κ1) is 26.4. The highest BCUT2D eigenvalue weighted by Gasteiger charge is 2.83. The van der Waals surface area contributed by atoms with E-state index in [1.54, 1.807) is 25.2 Å². The van der Waals surface area contributed by atoms with Gasteiger partial charge in [0, 0.05) is 24.0 Å². The number of esters is 2. The second-order valence-corrected chi connectivity index (χ2v) is 11.4. The van der Waals surface area contributed by atoms with Crippen LogP contribution in [0.3, 0.4) is 0 Å². The van der Waals surface area contributed by atoms with E-state index in [2.05, 4.69) is 19.9 Å². The highest BCUT2D eigenvalue weighted by atomic mass is 16.6. The van der Waals surface area contributed by atoms with Crippen molar-refractivity contribution in [2.45, 2.75) is 89.5 Å². The molecule has 0 aromatic carbocycles. The molecule has 4 unspecified atom stereocenters. The third-order valence-corrected chi connectivity index (χ3v) is 9.24. The lowest BCUT2D eigenvalue weighted by Gasteiger charge is -2.58. The van der Waals surface area contributed by atoms with Gasteiger partial charge in [-0.05, 0) is 40.0 Å². The summed E-state index contributed by atoms with van der Waals surface area (Å²) in [6, 6.07) is 0. The summed E-state index contributed by atoms with van der Waals surface area (Å²) < 4.78 is 30.6. The first-order valence-electron chi connectivity index (χ1n) is 13.3. The summed E-state index contributed by atoms with van der Waals surface area (Å²) in [5.41, 5.74) is 0.318. The van der Waals surface area contributed by atoms with Gasteiger partial charge in [0.15, 0.2) is 0 Å². The smallest absolute Gasteiger partial charge is 0.331 e. The zero-order chi connectivity index (χ0) is 26.4. The Morgan fingerprint density at radius 3 is 2.57 bits per heavy atom. The van der Waals surface area contributed by atoms with Crippen molar-refractivity contribution in [3.63, 3.8) is 0 Å². The molecule has 3 heterocycles. The van der Waals surface area contributed by atoms with E-state index in [0.29, 0.717) is 26.1 Å². The number of carbonyl (C=O) groups is 2. The highest BCUT2D eigenvalue weighted by Crippen LogP contribution is 2.72. The fourth-order valence-electron chi connectivity index (χ4n) is 6.85. The van der Waals surface area contributed by atoms with Crippen LogP contribution in [0.25, 0.3) is 0 Å². The molecule has 1 N–H and O–H groups in total. The summed E-state index contributed by atoms with van der Waals surface area (Å²) in [7, 11) is 0. The van der Waals surface area contributed by atoms with Crippen molar-refractivity contribution in [3.8, 4) is 0 Å². The Balaban J connectivity index is 1.51. The van der Waals surface area contributed by atoms with Crippen LogP contribution in [0.15, 0.2) is 47.6 Å². The Hall–Kier alpha value is -2.26. The van der Waals surface area contributed by atoms with Gasteiger partial charge in [-0.3, -0.25) is 0 Å². The van der Waals surface area contributed by atoms with Crippen molar-refractivity contribution >= 4 is 11.9 Å². The van der Waals surface area contributed by atoms with E-state index >= 15 is 0 Å². The molecular weight excluding hydrogens is 476 g/mol. The monoisotopic (exact) mass is 514 g/mol. The zero-order valence-electron chi connectivity index (χ0n) is 22.1. The molecule has 0 aromatic rings. The molecule has 3 fully saturated rings. The highest BCUT2D eigenvalue weighted by molar-refractivity contribution is 5.83. The summed E-state index contributed by atoms with van der Waals surface area (Å²) in [6.45, 7) is 8.73. The van der Waals surface area contributed by atoms with Crippen LogP contribution in [-0.2, 0) is 33.3 Å². The number of aliphatic hydroxyl groups excluding tert-OH is 1. The number of allylic oxidation sites excluding steroid dienone is 3. The molecular formula is C29H38O8. The lowest BCUT2D eigenvalue weighted by atomic mass is 9.51. The fraction of sp³-hybridized carbons (Fsp3) is 0.655. The van der Waals surface area contributed by atoms with Crippen molar-refractivity contribution in [2.24, 2.45) is 10.8 Å². The van der Waals surface area contributed by atoms with Crippen LogP contribution in [0.1, 0.15) is 53.4 Å². The number of hydrogen-bond acceptors (Lipinski definition) is 8. The number of hydrogen-bond donors (Lipinski definition) is 1. The first-order chi connectivity index (χ1) is 17.6. The van der Waals surface area contributed by atoms with Crippen LogP contribution in [0.5, 0.6) is 0 Å². The summed E-state index contributed by atoms with van der Waals surface area (Å²) in [4.78, 5) is 25.9. The fourth-order valence-corrected chi connectivity index (χ4v) is 6.85. The number of epoxide rings is 1. The molecule has 37 heavy (non-hydrogen) atoms. The van der Waals surface area contributed by atoms with Gasteiger partial charge in [-0.25, -0.2) is 9.59 Å². The lowest BCUT2D eigenvalue weighted by molar-refractivity contribution is -0.232. The summed E-state index contributed by atoms with van der Waals surface area (Å²) in [5.74, 6) is -0.879. The maximum atomic E-state index is 12.9. The normalized spacial score (nSPS) is 43.1. The molecule has 2 aliphatic carbocycles. The molecule has 5 aliphatic rings. The minimum Gasteiger partial charge on any atom is -0.462 e. The van der Waals surface area contributed by atoms with Crippen molar-refractivity contribution in [3.05, 3.63) is 47.6 Å². The van der Waals surface area contributed by atoms with Gasteiger partial charge >= 0.3 is 11.9 Å². The van der Waals surface area contributed by atoms with Gasteiger partial charge < -0.3 is 28.8 Å². The van der Waals surface area contributed by atoms with E-state index in [1.807, 2.05) is 6.92 Å². The van der Waals surface area contributed by atoms with Gasteiger partial charge in [0.1, 0.15) is 24.4 Å². The van der Waals surface area contributed by atoms with Gasteiger partial charge in [-0.15, -0.1) is 0 Å². The topological polar surface area (TPSA) is 104 Å². The van der Waals surface area contributed by atoms with Crippen LogP contribution >= 0.6 is 0 Å². The zero-order valence-corrected chi connectivity index (χ0v) is 22.1. The Labute approximate surface area is 218 Å². The predicted molar refractivity (Wildman–Crippen MR) is 134 cm³/mol. The molecule has 0 amide bonds. The Bertz CT molecular complexity index is 1050. The molecule has 8 nitrogen and oxygen atoms in total. The van der Waals surface area contributed by atoms with Gasteiger partial charge in [0.05, 0.1) is 36.9 Å². The van der Waals surface area contributed by atoms with E-state index in [4.69, 9.17) is 23.7 Å². The van der Waals surface area contributed by atoms with E-state index in [0.717, 1.165) is 18.4 Å². The maximum absolute atomic E-state index is 12.9. The first-order valence-corrected chi connectivity index (χ1v) is 13.3. The number of rotatable bonds is 1. The number of aliphatic hydroxyl groups is 1. The van der Waals surface area contributed by atoms with Gasteiger partial charge in [-0.1, -0.05) is 42.4 Å². The average Bonchev–Trinajstić information content (AvgIpc) is 3.61. The van der Waals surface area contributed by atoms with Gasteiger partial charge in [0.25, 0.3) is 0 Å². The largest absolute Gasteiger partial charge is 0.462 e. The van der Waals surface area contributed by atoms with E-state index in [-0.39, 0.29) is 18.8 Å². The minimum absolute atomic E-state index is 0.144. The number of carbonyl (C=O) groups excluding carboxylic acids is 2. The molecule has 5 rings (SSSR count). The van der Waals surface area contributed by atoms with Crippen LogP contribution < -0.4 is 0 Å². The van der Waals surface area contributed by atoms with Crippen molar-refractivity contribution in [1.82, 2.24) is 0 Å². The van der Waals surface area contributed by atoms with Crippen LogP contribution in [0.2, 0.25) is 0 Å². The molecule has 0 radical (unpaired) electrons. The molecule has 202 valence electrons. The van der Waals surface area contributed by atoms with Gasteiger partial charge in [0.2, 0.25) is 0 Å². The van der Waals surface area contributed by atoms with Gasteiger partial charge in [-0.2, -0.15) is 0 Å². The SMILES string of the molecule is CC1=CC(=O)OC[C@]23CCC(C)=C[C@H]2OC2C[C@@H](OC(=O)C=CC=CC(C(C)O)OCC1)C3(C)[C@]21CO1. The Kier molecular flexibility index (Phi) is 6.98. The van der Waals surface area contributed by atoms with Crippen molar-refractivity contribution in [1.29, 1.82) is 0 Å². The van der Waals surface area contributed by atoms with Crippen LogP contribution in [0, 0.1) is 10.8 Å². The third-order valence-electron chi connectivity index (χ3n) is 9.24. The summed E-state index contributed by atoms with van der Waals surface area (Å²) in [6.07, 6.45) is 10.5. The summed E-state index contributed by atoms with van der Waals surface area (Å²) >= 11 is 0. The van der Waals surface area contributed by atoms with Crippen molar-refractivity contribution < 1.29 is 38.4 Å². The Morgan fingerprint density at radius 1 is 1.05 bits per heavy atom. The van der Waals surface area contributed by atoms with E-state index in [9.17, 15) is 14.7 Å². The molecule has 3 aliphatic heterocycles. The molecule has 8 atom stereocenters. The minimum atomic E-state index is -0.735. The number of cyclic esters (lactones) is 1. The molecule has 2 spiro atoms. The second kappa shape index (κ2) is 9.80. The molecule has 2 saturated heterocycles. The standard InChI is InChI=1S/C29H38O8/c1-18-9-11-28-16-34-26(32)14-19(2)10-12-33-21(20(3)30)7-5-6-8-25(31)37-22-15-24(36-23(28)13-18)29(17-35-29)27(22,28)4/h5-8,13-14,20-24,30H,9-12,15-17H2,1-4H3/t20?,21?,22-,23-,24?,27?,28-,29+/m1/s1. The van der Waals surface area contributed by atoms with E-state index < -0.39 is 46.7 Å². The predicted octanol–water partition coefficient (Wildman–Crippen LogP) is 3.34. The van der Waals surface area contributed by atoms with E-state index in [1.165, 1.54) is 17.7 Å². The van der Waals surface area contributed by atoms with Crippen molar-refractivity contribution in [2.75, 3.05) is 19.8 Å². The molecule has 2 bridgehead atoms. The summed E-state index contributed by atoms with van der Waals surface area (Å²) in [5, 5.41) is 10.0. The average molecular weight is 515 g/mol. The Morgan fingerprint density at radius 2 is 1.84 bits per heavy atom. The number of ether oxygens (including phenoxy) is 5. The third kappa shape index (κ3) is 4.42.